The summed E-state index contributed by atoms with van der Waals surface area (Å²) in [4.78, 5) is 13.0. The zero-order valence-electron chi connectivity index (χ0n) is 11.0. The molecule has 1 saturated heterocycles. The molecule has 6 heteroatoms. The van der Waals surface area contributed by atoms with Gasteiger partial charge < -0.3 is 10.2 Å². The van der Waals surface area contributed by atoms with Gasteiger partial charge >= 0.3 is 0 Å². The van der Waals surface area contributed by atoms with Crippen LogP contribution in [0, 0.1) is 6.92 Å². The summed E-state index contributed by atoms with van der Waals surface area (Å²) >= 11 is 5.82. The molecule has 5 nitrogen and oxygen atoms in total. The highest BCUT2D eigenvalue weighted by molar-refractivity contribution is 6.28. The van der Waals surface area contributed by atoms with Gasteiger partial charge in [0.15, 0.2) is 0 Å². The average molecular weight is 270 g/mol. The Hall–Kier alpha value is -0.910. The quantitative estimate of drug-likeness (QED) is 0.830. The summed E-state index contributed by atoms with van der Waals surface area (Å²) in [6, 6.07) is 1.91. The molecular formula is C12H20ClN5. The molecule has 1 aromatic heterocycles. The van der Waals surface area contributed by atoms with E-state index in [2.05, 4.69) is 32.1 Å². The fourth-order valence-electron chi connectivity index (χ4n) is 2.04. The van der Waals surface area contributed by atoms with Crippen molar-refractivity contribution in [2.24, 2.45) is 0 Å². The Bertz CT molecular complexity index is 370. The Balaban J connectivity index is 1.74. The number of nitrogens with zero attached hydrogens (tertiary/aromatic N) is 4. The first-order valence-electron chi connectivity index (χ1n) is 6.29. The highest BCUT2D eigenvalue weighted by atomic mass is 35.5. The molecule has 100 valence electrons. The summed E-state index contributed by atoms with van der Waals surface area (Å²) in [6.45, 7) is 8.42. The van der Waals surface area contributed by atoms with Crippen molar-refractivity contribution in [1.82, 2.24) is 19.8 Å². The molecule has 0 bridgehead atoms. The number of rotatable bonds is 4. The minimum Gasteiger partial charge on any atom is -0.369 e. The van der Waals surface area contributed by atoms with E-state index in [1.54, 1.807) is 0 Å². The van der Waals surface area contributed by atoms with E-state index in [0.717, 1.165) is 50.8 Å². The van der Waals surface area contributed by atoms with Crippen LogP contribution >= 0.6 is 11.6 Å². The number of hydrogen-bond acceptors (Lipinski definition) is 5. The van der Waals surface area contributed by atoms with Gasteiger partial charge in [0.05, 0.1) is 0 Å². The van der Waals surface area contributed by atoms with Crippen molar-refractivity contribution in [3.05, 3.63) is 17.0 Å². The van der Waals surface area contributed by atoms with Crippen molar-refractivity contribution in [2.45, 2.75) is 6.92 Å². The largest absolute Gasteiger partial charge is 0.369 e. The van der Waals surface area contributed by atoms with Crippen molar-refractivity contribution in [2.75, 3.05) is 51.6 Å². The van der Waals surface area contributed by atoms with Crippen LogP contribution in [-0.4, -0.2) is 66.1 Å². The summed E-state index contributed by atoms with van der Waals surface area (Å²) in [7, 11) is 2.17. The van der Waals surface area contributed by atoms with Crippen LogP contribution in [-0.2, 0) is 0 Å². The molecule has 2 rings (SSSR count). The molecule has 0 radical (unpaired) electrons. The van der Waals surface area contributed by atoms with Crippen molar-refractivity contribution in [3.8, 4) is 0 Å². The lowest BCUT2D eigenvalue weighted by atomic mass is 10.3. The minimum atomic E-state index is 0.303. The molecule has 0 spiro atoms. The van der Waals surface area contributed by atoms with E-state index in [1.165, 1.54) is 0 Å². The van der Waals surface area contributed by atoms with Gasteiger partial charge in [0.2, 0.25) is 5.28 Å². The number of hydrogen-bond donors (Lipinski definition) is 1. The lowest BCUT2D eigenvalue weighted by molar-refractivity contribution is 0.158. The molecule has 0 aliphatic carbocycles. The molecule has 0 aromatic carbocycles. The van der Waals surface area contributed by atoms with Crippen LogP contribution in [0.4, 0.5) is 5.82 Å². The Kier molecular flexibility index (Phi) is 4.74. The third kappa shape index (κ3) is 4.08. The van der Waals surface area contributed by atoms with Crippen LogP contribution in [0.2, 0.25) is 5.28 Å². The monoisotopic (exact) mass is 269 g/mol. The van der Waals surface area contributed by atoms with E-state index in [-0.39, 0.29) is 0 Å². The molecule has 0 atom stereocenters. The lowest BCUT2D eigenvalue weighted by Gasteiger charge is -2.32. The molecule has 1 aliphatic heterocycles. The van der Waals surface area contributed by atoms with Gasteiger partial charge in [-0.3, -0.25) is 4.90 Å². The Morgan fingerprint density at radius 1 is 1.28 bits per heavy atom. The maximum absolute atomic E-state index is 5.82. The zero-order valence-corrected chi connectivity index (χ0v) is 11.7. The van der Waals surface area contributed by atoms with Crippen molar-refractivity contribution < 1.29 is 0 Å². The van der Waals surface area contributed by atoms with Gasteiger partial charge in [-0.25, -0.2) is 9.97 Å². The lowest BCUT2D eigenvalue weighted by Crippen LogP contribution is -2.45. The molecule has 2 heterocycles. The maximum Gasteiger partial charge on any atom is 0.224 e. The topological polar surface area (TPSA) is 44.3 Å². The normalized spacial score (nSPS) is 17.9. The van der Waals surface area contributed by atoms with E-state index in [0.29, 0.717) is 5.28 Å². The second-order valence-corrected chi connectivity index (χ2v) is 5.07. The van der Waals surface area contributed by atoms with E-state index < -0.39 is 0 Å². The average Bonchev–Trinajstić information content (AvgIpc) is 2.30. The Morgan fingerprint density at radius 2 is 2.00 bits per heavy atom. The Labute approximate surface area is 113 Å². The van der Waals surface area contributed by atoms with Gasteiger partial charge in [-0.1, -0.05) is 0 Å². The standard InChI is InChI=1S/C12H20ClN5/c1-10-9-11(16-12(13)15-10)14-3-4-18-7-5-17(2)6-8-18/h9H,3-8H2,1-2H3,(H,14,15,16). The smallest absolute Gasteiger partial charge is 0.224 e. The number of aryl methyl sites for hydroxylation is 1. The first-order valence-corrected chi connectivity index (χ1v) is 6.67. The van der Waals surface area contributed by atoms with Gasteiger partial charge in [0.1, 0.15) is 5.82 Å². The zero-order chi connectivity index (χ0) is 13.0. The molecule has 1 aromatic rings. The second kappa shape index (κ2) is 6.31. The molecule has 0 amide bonds. The minimum absolute atomic E-state index is 0.303. The van der Waals surface area contributed by atoms with Crippen LogP contribution in [0.5, 0.6) is 0 Å². The summed E-state index contributed by atoms with van der Waals surface area (Å²) in [5.41, 5.74) is 0.886. The SMILES string of the molecule is Cc1cc(NCCN2CCN(C)CC2)nc(Cl)n1. The predicted molar refractivity (Wildman–Crippen MR) is 74.2 cm³/mol. The number of aromatic nitrogens is 2. The van der Waals surface area contributed by atoms with Crippen LogP contribution in [0.1, 0.15) is 5.69 Å². The van der Waals surface area contributed by atoms with Crippen molar-refractivity contribution >= 4 is 17.4 Å². The first-order chi connectivity index (χ1) is 8.63. The van der Waals surface area contributed by atoms with Crippen LogP contribution in [0.3, 0.4) is 0 Å². The summed E-state index contributed by atoms with van der Waals surface area (Å²) in [5, 5.41) is 3.60. The molecule has 18 heavy (non-hydrogen) atoms. The van der Waals surface area contributed by atoms with Crippen LogP contribution < -0.4 is 5.32 Å². The molecule has 0 saturated carbocycles. The van der Waals surface area contributed by atoms with Crippen LogP contribution in [0.15, 0.2) is 6.07 Å². The third-order valence-electron chi connectivity index (χ3n) is 3.16. The van der Waals surface area contributed by atoms with Gasteiger partial charge in [0.25, 0.3) is 0 Å². The van der Waals surface area contributed by atoms with Crippen molar-refractivity contribution in [3.63, 3.8) is 0 Å². The number of likely N-dealkylation sites (N-methyl/N-ethyl adjacent to an activating group) is 1. The van der Waals surface area contributed by atoms with E-state index in [4.69, 9.17) is 11.6 Å². The van der Waals surface area contributed by atoms with Gasteiger partial charge in [-0.15, -0.1) is 0 Å². The highest BCUT2D eigenvalue weighted by Gasteiger charge is 2.12. The molecule has 1 fully saturated rings. The number of halogens is 1. The fraction of sp³-hybridized carbons (Fsp3) is 0.667. The van der Waals surface area contributed by atoms with Gasteiger partial charge in [-0.2, -0.15) is 0 Å². The highest BCUT2D eigenvalue weighted by Crippen LogP contribution is 2.09. The van der Waals surface area contributed by atoms with Crippen molar-refractivity contribution in [1.29, 1.82) is 0 Å². The predicted octanol–water partition coefficient (Wildman–Crippen LogP) is 1.10. The van der Waals surface area contributed by atoms with E-state index in [9.17, 15) is 0 Å². The van der Waals surface area contributed by atoms with Gasteiger partial charge in [0, 0.05) is 51.0 Å². The summed E-state index contributed by atoms with van der Waals surface area (Å²) in [6.07, 6.45) is 0. The molecule has 1 aliphatic rings. The number of piperazine rings is 1. The van der Waals surface area contributed by atoms with E-state index in [1.807, 2.05) is 13.0 Å². The fourth-order valence-corrected chi connectivity index (χ4v) is 2.26. The summed E-state index contributed by atoms with van der Waals surface area (Å²) < 4.78 is 0. The Morgan fingerprint density at radius 3 is 2.67 bits per heavy atom. The maximum atomic E-state index is 5.82. The molecular weight excluding hydrogens is 250 g/mol. The van der Waals surface area contributed by atoms with Crippen LogP contribution in [0.25, 0.3) is 0 Å². The first kappa shape index (κ1) is 13.5. The summed E-state index contributed by atoms with van der Waals surface area (Å²) in [5.74, 6) is 0.807. The number of nitrogens with one attached hydrogen (secondary N) is 1. The second-order valence-electron chi connectivity index (χ2n) is 4.74. The third-order valence-corrected chi connectivity index (χ3v) is 3.33. The van der Waals surface area contributed by atoms with E-state index >= 15 is 0 Å². The number of anilines is 1. The molecule has 1 N–H and O–H groups in total. The molecule has 0 unspecified atom stereocenters. The van der Waals surface area contributed by atoms with Gasteiger partial charge in [-0.05, 0) is 25.6 Å².